The van der Waals surface area contributed by atoms with E-state index in [0.29, 0.717) is 13.0 Å². The number of rotatable bonds is 5. The van der Waals surface area contributed by atoms with Gasteiger partial charge in [0.15, 0.2) is 0 Å². The molecular formula is C12H24O4. The lowest BCUT2D eigenvalue weighted by molar-refractivity contribution is -0.148. The molecule has 1 atom stereocenters. The van der Waals surface area contributed by atoms with Crippen molar-refractivity contribution in [1.82, 2.24) is 0 Å². The van der Waals surface area contributed by atoms with Crippen molar-refractivity contribution in [2.24, 2.45) is 0 Å². The minimum atomic E-state index is -0.211. The van der Waals surface area contributed by atoms with Crippen LogP contribution in [0, 0.1) is 0 Å². The van der Waals surface area contributed by atoms with E-state index in [9.17, 15) is 9.59 Å². The molecule has 0 aromatic heterocycles. The van der Waals surface area contributed by atoms with Crippen molar-refractivity contribution >= 4 is 11.9 Å². The highest BCUT2D eigenvalue weighted by molar-refractivity contribution is 5.69. The molecule has 0 aromatic rings. The lowest BCUT2D eigenvalue weighted by atomic mass is 10.2. The van der Waals surface area contributed by atoms with Gasteiger partial charge in [0.25, 0.3) is 0 Å². The second kappa shape index (κ2) is 12.0. The fourth-order valence-corrected chi connectivity index (χ4v) is 0.976. The van der Waals surface area contributed by atoms with Gasteiger partial charge in [0, 0.05) is 13.3 Å². The maximum atomic E-state index is 10.7. The van der Waals surface area contributed by atoms with E-state index in [1.807, 2.05) is 6.92 Å². The zero-order valence-corrected chi connectivity index (χ0v) is 11.0. The molecular weight excluding hydrogens is 208 g/mol. The molecule has 0 amide bonds. The van der Waals surface area contributed by atoms with E-state index in [-0.39, 0.29) is 18.0 Å². The summed E-state index contributed by atoms with van der Waals surface area (Å²) in [5.41, 5.74) is 0. The van der Waals surface area contributed by atoms with Crippen molar-refractivity contribution in [3.05, 3.63) is 0 Å². The first-order valence-electron chi connectivity index (χ1n) is 5.80. The minimum Gasteiger partial charge on any atom is -0.466 e. The van der Waals surface area contributed by atoms with Gasteiger partial charge in [0.1, 0.15) is 0 Å². The Morgan fingerprint density at radius 2 is 1.75 bits per heavy atom. The summed E-state index contributed by atoms with van der Waals surface area (Å²) in [4.78, 5) is 20.5. The van der Waals surface area contributed by atoms with E-state index >= 15 is 0 Å². The van der Waals surface area contributed by atoms with Gasteiger partial charge < -0.3 is 9.47 Å². The Balaban J connectivity index is 0. The van der Waals surface area contributed by atoms with E-state index in [0.717, 1.165) is 12.8 Å². The molecule has 4 nitrogen and oxygen atoms in total. The molecule has 0 saturated carbocycles. The van der Waals surface area contributed by atoms with Gasteiger partial charge in [-0.2, -0.15) is 0 Å². The molecule has 0 fully saturated rings. The lowest BCUT2D eigenvalue weighted by Gasteiger charge is -2.10. The van der Waals surface area contributed by atoms with Gasteiger partial charge in [-0.05, 0) is 20.3 Å². The van der Waals surface area contributed by atoms with Crippen LogP contribution in [-0.2, 0) is 19.1 Å². The van der Waals surface area contributed by atoms with Crippen LogP contribution in [0.3, 0.4) is 0 Å². The SMILES string of the molecule is CCCC(C)OC(=O)CC.CCOC(C)=O. The Morgan fingerprint density at radius 1 is 1.19 bits per heavy atom. The Kier molecular flexibility index (Phi) is 13.0. The third-order valence-electron chi connectivity index (χ3n) is 1.66. The van der Waals surface area contributed by atoms with Gasteiger partial charge in [0.2, 0.25) is 0 Å². The number of carbonyl (C=O) groups excluding carboxylic acids is 2. The molecule has 0 bridgehead atoms. The second-order valence-corrected chi connectivity index (χ2v) is 3.37. The quantitative estimate of drug-likeness (QED) is 0.684. The summed E-state index contributed by atoms with van der Waals surface area (Å²) in [6.45, 7) is 9.47. The zero-order chi connectivity index (χ0) is 13.0. The molecule has 0 aliphatic carbocycles. The van der Waals surface area contributed by atoms with E-state index in [1.165, 1.54) is 6.92 Å². The summed E-state index contributed by atoms with van der Waals surface area (Å²) >= 11 is 0. The molecule has 0 rings (SSSR count). The third-order valence-corrected chi connectivity index (χ3v) is 1.66. The maximum absolute atomic E-state index is 10.7. The topological polar surface area (TPSA) is 52.6 Å². The molecule has 0 radical (unpaired) electrons. The average molecular weight is 232 g/mol. The maximum Gasteiger partial charge on any atom is 0.305 e. The van der Waals surface area contributed by atoms with Gasteiger partial charge in [-0.1, -0.05) is 20.3 Å². The Hall–Kier alpha value is -1.06. The monoisotopic (exact) mass is 232 g/mol. The molecule has 96 valence electrons. The zero-order valence-electron chi connectivity index (χ0n) is 11.0. The Morgan fingerprint density at radius 3 is 2.00 bits per heavy atom. The summed E-state index contributed by atoms with van der Waals surface area (Å²) in [5.74, 6) is -0.307. The largest absolute Gasteiger partial charge is 0.466 e. The van der Waals surface area contributed by atoms with E-state index in [1.54, 1.807) is 13.8 Å². The van der Waals surface area contributed by atoms with Crippen molar-refractivity contribution in [2.45, 2.75) is 60.0 Å². The lowest BCUT2D eigenvalue weighted by Crippen LogP contribution is -2.13. The van der Waals surface area contributed by atoms with Crippen LogP contribution in [0.2, 0.25) is 0 Å². The molecule has 0 saturated heterocycles. The van der Waals surface area contributed by atoms with Crippen LogP contribution in [0.25, 0.3) is 0 Å². The normalized spacial score (nSPS) is 10.8. The molecule has 0 N–H and O–H groups in total. The van der Waals surface area contributed by atoms with Crippen LogP contribution in [0.1, 0.15) is 53.9 Å². The van der Waals surface area contributed by atoms with Crippen LogP contribution in [0.15, 0.2) is 0 Å². The Bertz CT molecular complexity index is 189. The molecule has 0 aliphatic heterocycles. The average Bonchev–Trinajstić information content (AvgIpc) is 2.18. The highest BCUT2D eigenvalue weighted by Crippen LogP contribution is 2.01. The van der Waals surface area contributed by atoms with Crippen molar-refractivity contribution < 1.29 is 19.1 Å². The first-order chi connectivity index (χ1) is 7.47. The number of carbonyl (C=O) groups is 2. The Labute approximate surface area is 98.3 Å². The van der Waals surface area contributed by atoms with Gasteiger partial charge >= 0.3 is 11.9 Å². The van der Waals surface area contributed by atoms with Crippen LogP contribution in [0.4, 0.5) is 0 Å². The summed E-state index contributed by atoms with van der Waals surface area (Å²) in [6.07, 6.45) is 2.61. The van der Waals surface area contributed by atoms with Crippen molar-refractivity contribution in [3.63, 3.8) is 0 Å². The summed E-state index contributed by atoms with van der Waals surface area (Å²) in [5, 5.41) is 0. The molecule has 0 spiro atoms. The smallest absolute Gasteiger partial charge is 0.305 e. The van der Waals surface area contributed by atoms with E-state index in [4.69, 9.17) is 4.74 Å². The van der Waals surface area contributed by atoms with Gasteiger partial charge in [0.05, 0.1) is 12.7 Å². The van der Waals surface area contributed by atoms with Crippen LogP contribution < -0.4 is 0 Å². The fraction of sp³-hybridized carbons (Fsp3) is 0.833. The summed E-state index contributed by atoms with van der Waals surface area (Å²) in [7, 11) is 0. The van der Waals surface area contributed by atoms with Gasteiger partial charge in [-0.3, -0.25) is 9.59 Å². The summed E-state index contributed by atoms with van der Waals surface area (Å²) < 4.78 is 9.40. The number of hydrogen-bond donors (Lipinski definition) is 0. The molecule has 1 unspecified atom stereocenters. The number of ether oxygens (including phenoxy) is 2. The molecule has 0 aromatic carbocycles. The standard InChI is InChI=1S/C8H16O2.C4H8O2/c1-4-6-7(3)10-8(9)5-2;1-3-6-4(2)5/h7H,4-6H2,1-3H3;3H2,1-2H3. The predicted octanol–water partition coefficient (Wildman–Crippen LogP) is 2.70. The fourth-order valence-electron chi connectivity index (χ4n) is 0.976. The minimum absolute atomic E-state index is 0.0949. The molecule has 4 heteroatoms. The van der Waals surface area contributed by atoms with Crippen LogP contribution >= 0.6 is 0 Å². The van der Waals surface area contributed by atoms with Crippen molar-refractivity contribution in [1.29, 1.82) is 0 Å². The van der Waals surface area contributed by atoms with E-state index < -0.39 is 0 Å². The second-order valence-electron chi connectivity index (χ2n) is 3.37. The highest BCUT2D eigenvalue weighted by atomic mass is 16.5. The van der Waals surface area contributed by atoms with Crippen LogP contribution in [-0.4, -0.2) is 24.6 Å². The van der Waals surface area contributed by atoms with Gasteiger partial charge in [-0.25, -0.2) is 0 Å². The molecule has 0 aliphatic rings. The molecule has 0 heterocycles. The van der Waals surface area contributed by atoms with Crippen LogP contribution in [0.5, 0.6) is 0 Å². The van der Waals surface area contributed by atoms with Crippen molar-refractivity contribution in [3.8, 4) is 0 Å². The summed E-state index contributed by atoms with van der Waals surface area (Å²) in [6, 6.07) is 0. The van der Waals surface area contributed by atoms with Gasteiger partial charge in [-0.15, -0.1) is 0 Å². The first kappa shape index (κ1) is 17.3. The number of esters is 2. The highest BCUT2D eigenvalue weighted by Gasteiger charge is 2.04. The van der Waals surface area contributed by atoms with E-state index in [2.05, 4.69) is 11.7 Å². The number of hydrogen-bond acceptors (Lipinski definition) is 4. The predicted molar refractivity (Wildman–Crippen MR) is 63.1 cm³/mol. The first-order valence-corrected chi connectivity index (χ1v) is 5.80. The third kappa shape index (κ3) is 15.4. The molecule has 16 heavy (non-hydrogen) atoms. The van der Waals surface area contributed by atoms with Crippen molar-refractivity contribution in [2.75, 3.05) is 6.61 Å².